The van der Waals surface area contributed by atoms with Gasteiger partial charge in [0.25, 0.3) is 0 Å². The lowest BCUT2D eigenvalue weighted by atomic mass is 9.99. The number of anilines is 1. The molecule has 0 bridgehead atoms. The first-order valence-corrected chi connectivity index (χ1v) is 6.73. The zero-order valence-electron chi connectivity index (χ0n) is 12.4. The molecule has 0 spiro atoms. The van der Waals surface area contributed by atoms with E-state index < -0.39 is 18.0 Å². The Morgan fingerprint density at radius 1 is 1.30 bits per heavy atom. The number of nitrogens with one attached hydrogen (secondary N) is 2. The van der Waals surface area contributed by atoms with Crippen molar-refractivity contribution in [1.82, 2.24) is 5.32 Å². The van der Waals surface area contributed by atoms with Gasteiger partial charge in [0.2, 0.25) is 0 Å². The van der Waals surface area contributed by atoms with Gasteiger partial charge in [-0.25, -0.2) is 9.59 Å². The minimum absolute atomic E-state index is 0.128. The molecular formula is C15H22N2O3. The molecule has 2 atom stereocenters. The normalized spacial score (nSPS) is 13.4. The topological polar surface area (TPSA) is 78.4 Å². The maximum Gasteiger partial charge on any atom is 0.326 e. The third-order valence-electron chi connectivity index (χ3n) is 3.62. The van der Waals surface area contributed by atoms with Crippen LogP contribution in [-0.4, -0.2) is 23.1 Å². The molecule has 0 heterocycles. The molecule has 1 aromatic rings. The standard InChI is InChI=1S/C15H22N2O3/c1-5-9(2)13(14(18)19)17-15(20)16-12-8-6-7-10(3)11(12)4/h6-9,13H,5H2,1-4H3,(H,18,19)(H2,16,17,20). The fraction of sp³-hybridized carbons (Fsp3) is 0.467. The molecule has 0 saturated heterocycles. The van der Waals surface area contributed by atoms with Crippen LogP contribution in [-0.2, 0) is 4.79 Å². The molecular weight excluding hydrogens is 256 g/mol. The Hall–Kier alpha value is -2.04. The number of urea groups is 1. The lowest BCUT2D eigenvalue weighted by Crippen LogP contribution is -2.46. The number of carboxylic acids is 1. The van der Waals surface area contributed by atoms with E-state index in [-0.39, 0.29) is 5.92 Å². The molecule has 0 aliphatic rings. The summed E-state index contributed by atoms with van der Waals surface area (Å²) in [5.41, 5.74) is 2.73. The van der Waals surface area contributed by atoms with Gasteiger partial charge in [0.15, 0.2) is 0 Å². The SMILES string of the molecule is CCC(C)C(NC(=O)Nc1cccc(C)c1C)C(=O)O. The minimum Gasteiger partial charge on any atom is -0.480 e. The number of carboxylic acid groups (broad SMARTS) is 1. The van der Waals surface area contributed by atoms with Crippen molar-refractivity contribution < 1.29 is 14.7 Å². The number of aliphatic carboxylic acids is 1. The zero-order chi connectivity index (χ0) is 15.3. The van der Waals surface area contributed by atoms with Gasteiger partial charge in [-0.3, -0.25) is 0 Å². The number of rotatable bonds is 5. The molecule has 3 N–H and O–H groups in total. The number of carbonyl (C=O) groups is 2. The van der Waals surface area contributed by atoms with Crippen LogP contribution in [0.3, 0.4) is 0 Å². The lowest BCUT2D eigenvalue weighted by Gasteiger charge is -2.20. The third-order valence-corrected chi connectivity index (χ3v) is 3.62. The van der Waals surface area contributed by atoms with Crippen molar-refractivity contribution in [3.05, 3.63) is 29.3 Å². The Labute approximate surface area is 119 Å². The lowest BCUT2D eigenvalue weighted by molar-refractivity contribution is -0.140. The van der Waals surface area contributed by atoms with Gasteiger partial charge in [-0.15, -0.1) is 0 Å². The molecule has 20 heavy (non-hydrogen) atoms. The number of benzene rings is 1. The summed E-state index contributed by atoms with van der Waals surface area (Å²) < 4.78 is 0. The van der Waals surface area contributed by atoms with Crippen molar-refractivity contribution in [3.63, 3.8) is 0 Å². The van der Waals surface area contributed by atoms with E-state index in [0.29, 0.717) is 12.1 Å². The van der Waals surface area contributed by atoms with E-state index in [1.54, 1.807) is 13.0 Å². The zero-order valence-corrected chi connectivity index (χ0v) is 12.4. The van der Waals surface area contributed by atoms with E-state index in [2.05, 4.69) is 10.6 Å². The van der Waals surface area contributed by atoms with E-state index >= 15 is 0 Å². The molecule has 5 nitrogen and oxygen atoms in total. The Balaban J connectivity index is 2.76. The summed E-state index contributed by atoms with van der Waals surface area (Å²) in [5.74, 6) is -1.15. The number of amides is 2. The number of aryl methyl sites for hydroxylation is 1. The number of carbonyl (C=O) groups excluding carboxylic acids is 1. The van der Waals surface area contributed by atoms with Gasteiger partial charge in [-0.1, -0.05) is 32.4 Å². The summed E-state index contributed by atoms with van der Waals surface area (Å²) in [6, 6.07) is 4.22. The van der Waals surface area contributed by atoms with Crippen molar-refractivity contribution in [2.75, 3.05) is 5.32 Å². The van der Waals surface area contributed by atoms with Crippen LogP contribution in [0.1, 0.15) is 31.4 Å². The highest BCUT2D eigenvalue weighted by Gasteiger charge is 2.25. The maximum atomic E-state index is 11.9. The number of hydrogen-bond donors (Lipinski definition) is 3. The first kappa shape index (κ1) is 16.0. The van der Waals surface area contributed by atoms with Crippen molar-refractivity contribution in [2.45, 2.75) is 40.2 Å². The predicted molar refractivity (Wildman–Crippen MR) is 78.9 cm³/mol. The molecule has 2 amide bonds. The second-order valence-electron chi connectivity index (χ2n) is 5.05. The first-order valence-electron chi connectivity index (χ1n) is 6.73. The summed E-state index contributed by atoms with van der Waals surface area (Å²) in [7, 11) is 0. The molecule has 0 aliphatic carbocycles. The van der Waals surface area contributed by atoms with Crippen LogP contribution in [0.15, 0.2) is 18.2 Å². The summed E-state index contributed by atoms with van der Waals surface area (Å²) in [5, 5.41) is 14.4. The third kappa shape index (κ3) is 3.98. The van der Waals surface area contributed by atoms with E-state index in [1.807, 2.05) is 32.9 Å². The average Bonchev–Trinajstić information content (AvgIpc) is 2.40. The average molecular weight is 278 g/mol. The molecule has 0 saturated carbocycles. The fourth-order valence-electron chi connectivity index (χ4n) is 1.87. The molecule has 0 fully saturated rings. The summed E-state index contributed by atoms with van der Waals surface area (Å²) in [6.07, 6.45) is 0.681. The van der Waals surface area contributed by atoms with E-state index in [1.165, 1.54) is 0 Å². The van der Waals surface area contributed by atoms with Crippen molar-refractivity contribution >= 4 is 17.7 Å². The van der Waals surface area contributed by atoms with Crippen LogP contribution in [0, 0.1) is 19.8 Å². The van der Waals surface area contributed by atoms with Crippen LogP contribution in [0.2, 0.25) is 0 Å². The molecule has 0 radical (unpaired) electrons. The Kier molecular flexibility index (Phi) is 5.55. The van der Waals surface area contributed by atoms with E-state index in [9.17, 15) is 9.59 Å². The summed E-state index contributed by atoms with van der Waals surface area (Å²) in [4.78, 5) is 23.1. The second kappa shape index (κ2) is 6.93. The van der Waals surface area contributed by atoms with Gasteiger partial charge in [0, 0.05) is 5.69 Å². The van der Waals surface area contributed by atoms with Crippen LogP contribution in [0.5, 0.6) is 0 Å². The molecule has 1 rings (SSSR count). The largest absolute Gasteiger partial charge is 0.480 e. The molecule has 5 heteroatoms. The molecule has 1 aromatic carbocycles. The van der Waals surface area contributed by atoms with Gasteiger partial charge in [0.05, 0.1) is 0 Å². The molecule has 110 valence electrons. The second-order valence-corrected chi connectivity index (χ2v) is 5.05. The van der Waals surface area contributed by atoms with Crippen molar-refractivity contribution in [1.29, 1.82) is 0 Å². The predicted octanol–water partition coefficient (Wildman–Crippen LogP) is 2.92. The van der Waals surface area contributed by atoms with E-state index in [0.717, 1.165) is 11.1 Å². The Morgan fingerprint density at radius 3 is 2.50 bits per heavy atom. The summed E-state index contributed by atoms with van der Waals surface area (Å²) >= 11 is 0. The van der Waals surface area contributed by atoms with Crippen LogP contribution in [0.25, 0.3) is 0 Å². The molecule has 2 unspecified atom stereocenters. The van der Waals surface area contributed by atoms with Crippen LogP contribution >= 0.6 is 0 Å². The first-order chi connectivity index (χ1) is 9.36. The van der Waals surface area contributed by atoms with Crippen LogP contribution in [0.4, 0.5) is 10.5 Å². The van der Waals surface area contributed by atoms with Crippen molar-refractivity contribution in [3.8, 4) is 0 Å². The highest BCUT2D eigenvalue weighted by molar-refractivity contribution is 5.93. The van der Waals surface area contributed by atoms with Gasteiger partial charge in [-0.05, 0) is 37.0 Å². The fourth-order valence-corrected chi connectivity index (χ4v) is 1.87. The monoisotopic (exact) mass is 278 g/mol. The minimum atomic E-state index is -1.02. The maximum absolute atomic E-state index is 11.9. The highest BCUT2D eigenvalue weighted by Crippen LogP contribution is 2.18. The Bertz CT molecular complexity index is 500. The van der Waals surface area contributed by atoms with Crippen LogP contribution < -0.4 is 10.6 Å². The summed E-state index contributed by atoms with van der Waals surface area (Å²) in [6.45, 7) is 7.56. The van der Waals surface area contributed by atoms with Gasteiger partial charge in [-0.2, -0.15) is 0 Å². The van der Waals surface area contributed by atoms with E-state index in [4.69, 9.17) is 5.11 Å². The van der Waals surface area contributed by atoms with Crippen molar-refractivity contribution in [2.24, 2.45) is 5.92 Å². The van der Waals surface area contributed by atoms with Gasteiger partial charge in [0.1, 0.15) is 6.04 Å². The highest BCUT2D eigenvalue weighted by atomic mass is 16.4. The molecule has 0 aromatic heterocycles. The molecule has 0 aliphatic heterocycles. The van der Waals surface area contributed by atoms with Gasteiger partial charge < -0.3 is 15.7 Å². The van der Waals surface area contributed by atoms with Gasteiger partial charge >= 0.3 is 12.0 Å². The smallest absolute Gasteiger partial charge is 0.326 e. The quantitative estimate of drug-likeness (QED) is 0.775. The number of hydrogen-bond acceptors (Lipinski definition) is 2. The Morgan fingerprint density at radius 2 is 1.95 bits per heavy atom.